The first-order chi connectivity index (χ1) is 10.6. The van der Waals surface area contributed by atoms with E-state index in [9.17, 15) is 4.79 Å². The standard InChI is InChI=1S/C20H17NO/c1-20(16-12-11-14-7-3-4-8-15(14)13-16)17-9-5-6-10-18(17)21(2)19(20)22/h3-13H,1-2H3. The molecule has 2 heteroatoms. The molecule has 3 aromatic rings. The van der Waals surface area contributed by atoms with Crippen molar-refractivity contribution in [3.05, 3.63) is 77.9 Å². The van der Waals surface area contributed by atoms with Crippen molar-refractivity contribution in [1.82, 2.24) is 0 Å². The second kappa shape index (κ2) is 4.44. The number of anilines is 1. The van der Waals surface area contributed by atoms with Gasteiger partial charge in [-0.1, -0.05) is 54.6 Å². The number of para-hydroxylation sites is 1. The molecule has 1 amide bonds. The van der Waals surface area contributed by atoms with Gasteiger partial charge in [0, 0.05) is 12.7 Å². The third-order valence-corrected chi connectivity index (χ3v) is 4.86. The van der Waals surface area contributed by atoms with Gasteiger partial charge in [0.2, 0.25) is 5.91 Å². The fourth-order valence-electron chi connectivity index (χ4n) is 3.53. The van der Waals surface area contributed by atoms with Crippen molar-refractivity contribution < 1.29 is 4.79 Å². The van der Waals surface area contributed by atoms with Crippen molar-refractivity contribution in [2.75, 3.05) is 11.9 Å². The van der Waals surface area contributed by atoms with E-state index in [0.29, 0.717) is 0 Å². The molecule has 1 heterocycles. The maximum absolute atomic E-state index is 12.9. The molecule has 2 nitrogen and oxygen atoms in total. The normalized spacial score (nSPS) is 20.5. The second-order valence-corrected chi connectivity index (χ2v) is 6.07. The largest absolute Gasteiger partial charge is 0.314 e. The van der Waals surface area contributed by atoms with Crippen LogP contribution in [0.3, 0.4) is 0 Å². The SMILES string of the molecule is CN1C(=O)C(C)(c2ccc3ccccc3c2)c2ccccc21. The average molecular weight is 287 g/mol. The highest BCUT2D eigenvalue weighted by Gasteiger charge is 2.47. The maximum Gasteiger partial charge on any atom is 0.241 e. The Labute approximate surface area is 130 Å². The molecule has 0 aromatic heterocycles. The van der Waals surface area contributed by atoms with Gasteiger partial charge in [0.05, 0.1) is 5.41 Å². The van der Waals surface area contributed by atoms with Gasteiger partial charge in [-0.3, -0.25) is 4.79 Å². The van der Waals surface area contributed by atoms with Crippen LogP contribution in [-0.2, 0) is 10.2 Å². The van der Waals surface area contributed by atoms with Gasteiger partial charge in [0.15, 0.2) is 0 Å². The van der Waals surface area contributed by atoms with Crippen LogP contribution in [0.5, 0.6) is 0 Å². The van der Waals surface area contributed by atoms with Crippen LogP contribution >= 0.6 is 0 Å². The summed E-state index contributed by atoms with van der Waals surface area (Å²) in [5, 5.41) is 2.36. The maximum atomic E-state index is 12.9. The number of rotatable bonds is 1. The number of nitrogens with zero attached hydrogens (tertiary/aromatic N) is 1. The summed E-state index contributed by atoms with van der Waals surface area (Å²) in [4.78, 5) is 14.7. The van der Waals surface area contributed by atoms with Gasteiger partial charge in [-0.05, 0) is 41.0 Å². The van der Waals surface area contributed by atoms with Crippen molar-refractivity contribution in [2.45, 2.75) is 12.3 Å². The summed E-state index contributed by atoms with van der Waals surface area (Å²) >= 11 is 0. The van der Waals surface area contributed by atoms with Gasteiger partial charge in [-0.15, -0.1) is 0 Å². The van der Waals surface area contributed by atoms with E-state index in [2.05, 4.69) is 36.4 Å². The second-order valence-electron chi connectivity index (χ2n) is 6.07. The number of fused-ring (bicyclic) bond motifs is 2. The van der Waals surface area contributed by atoms with Crippen LogP contribution in [0.15, 0.2) is 66.7 Å². The predicted octanol–water partition coefficient (Wildman–Crippen LogP) is 4.12. The molecule has 0 spiro atoms. The lowest BCUT2D eigenvalue weighted by molar-refractivity contribution is -0.121. The van der Waals surface area contributed by atoms with E-state index in [0.717, 1.165) is 16.8 Å². The average Bonchev–Trinajstić information content (AvgIpc) is 2.77. The summed E-state index contributed by atoms with van der Waals surface area (Å²) in [7, 11) is 1.85. The summed E-state index contributed by atoms with van der Waals surface area (Å²) in [6.45, 7) is 2.03. The lowest BCUT2D eigenvalue weighted by Crippen LogP contribution is -2.37. The first-order valence-corrected chi connectivity index (χ1v) is 7.49. The molecule has 0 aliphatic carbocycles. The number of carbonyl (C=O) groups excluding carboxylic acids is 1. The molecule has 0 fully saturated rings. The summed E-state index contributed by atoms with van der Waals surface area (Å²) < 4.78 is 0. The monoisotopic (exact) mass is 287 g/mol. The molecule has 0 saturated carbocycles. The molecule has 1 atom stereocenters. The zero-order valence-corrected chi connectivity index (χ0v) is 12.7. The Bertz CT molecular complexity index is 899. The lowest BCUT2D eigenvalue weighted by atomic mass is 9.77. The number of carbonyl (C=O) groups is 1. The summed E-state index contributed by atoms with van der Waals surface area (Å²) in [6.07, 6.45) is 0. The first-order valence-electron chi connectivity index (χ1n) is 7.49. The van der Waals surface area contributed by atoms with Gasteiger partial charge < -0.3 is 4.90 Å². The van der Waals surface area contributed by atoms with Gasteiger partial charge in [0.1, 0.15) is 0 Å². The zero-order valence-electron chi connectivity index (χ0n) is 12.7. The van der Waals surface area contributed by atoms with Crippen LogP contribution in [0.4, 0.5) is 5.69 Å². The zero-order chi connectivity index (χ0) is 15.3. The van der Waals surface area contributed by atoms with Crippen LogP contribution in [0.25, 0.3) is 10.8 Å². The fourth-order valence-corrected chi connectivity index (χ4v) is 3.53. The Morgan fingerprint density at radius 1 is 0.864 bits per heavy atom. The van der Waals surface area contributed by atoms with Gasteiger partial charge in [-0.25, -0.2) is 0 Å². The van der Waals surface area contributed by atoms with Crippen LogP contribution in [0, 0.1) is 0 Å². The highest BCUT2D eigenvalue weighted by atomic mass is 16.2. The third-order valence-electron chi connectivity index (χ3n) is 4.86. The van der Waals surface area contributed by atoms with Crippen LogP contribution in [0.1, 0.15) is 18.1 Å². The van der Waals surface area contributed by atoms with E-state index in [4.69, 9.17) is 0 Å². The number of hydrogen-bond donors (Lipinski definition) is 0. The lowest BCUT2D eigenvalue weighted by Gasteiger charge is -2.24. The molecule has 1 aliphatic heterocycles. The molecule has 108 valence electrons. The van der Waals surface area contributed by atoms with Crippen molar-refractivity contribution in [1.29, 1.82) is 0 Å². The minimum Gasteiger partial charge on any atom is -0.314 e. The quantitative estimate of drug-likeness (QED) is 0.659. The smallest absolute Gasteiger partial charge is 0.241 e. The van der Waals surface area contributed by atoms with E-state index in [-0.39, 0.29) is 5.91 Å². The van der Waals surface area contributed by atoms with Crippen molar-refractivity contribution in [3.8, 4) is 0 Å². The molecule has 1 aliphatic rings. The predicted molar refractivity (Wildman–Crippen MR) is 90.3 cm³/mol. The molecule has 1 unspecified atom stereocenters. The molecule has 0 N–H and O–H groups in total. The van der Waals surface area contributed by atoms with E-state index >= 15 is 0 Å². The van der Waals surface area contributed by atoms with Crippen LogP contribution in [-0.4, -0.2) is 13.0 Å². The number of hydrogen-bond acceptors (Lipinski definition) is 1. The molecule has 0 radical (unpaired) electrons. The van der Waals surface area contributed by atoms with E-state index in [1.54, 1.807) is 4.90 Å². The molecule has 0 saturated heterocycles. The Kier molecular flexibility index (Phi) is 2.64. The molecule has 0 bridgehead atoms. The van der Waals surface area contributed by atoms with Gasteiger partial charge in [0.25, 0.3) is 0 Å². The summed E-state index contributed by atoms with van der Waals surface area (Å²) in [6, 6.07) is 22.6. The van der Waals surface area contributed by atoms with Crippen LogP contribution in [0.2, 0.25) is 0 Å². The topological polar surface area (TPSA) is 20.3 Å². The van der Waals surface area contributed by atoms with Crippen molar-refractivity contribution in [2.24, 2.45) is 0 Å². The Morgan fingerprint density at radius 3 is 2.36 bits per heavy atom. The Hall–Kier alpha value is -2.61. The summed E-state index contributed by atoms with van der Waals surface area (Å²) in [5.41, 5.74) is 2.52. The number of likely N-dealkylation sites (N-methyl/N-ethyl adjacent to an activating group) is 1. The Balaban J connectivity index is 1.98. The minimum atomic E-state index is -0.616. The number of amides is 1. The summed E-state index contributed by atoms with van der Waals surface area (Å²) in [5.74, 6) is 0.129. The molecular formula is C20H17NO. The van der Waals surface area contributed by atoms with Crippen molar-refractivity contribution >= 4 is 22.4 Å². The van der Waals surface area contributed by atoms with Gasteiger partial charge in [-0.2, -0.15) is 0 Å². The Morgan fingerprint density at radius 2 is 1.55 bits per heavy atom. The fraction of sp³-hybridized carbons (Fsp3) is 0.150. The highest BCUT2D eigenvalue weighted by molar-refractivity contribution is 6.10. The molecule has 22 heavy (non-hydrogen) atoms. The number of benzene rings is 3. The molecule has 3 aromatic carbocycles. The molecule has 4 rings (SSSR count). The minimum absolute atomic E-state index is 0.129. The first kappa shape index (κ1) is 13.1. The third kappa shape index (κ3) is 1.58. The molecular weight excluding hydrogens is 270 g/mol. The van der Waals surface area contributed by atoms with E-state index < -0.39 is 5.41 Å². The van der Waals surface area contributed by atoms with Crippen molar-refractivity contribution in [3.63, 3.8) is 0 Å². The van der Waals surface area contributed by atoms with Crippen LogP contribution < -0.4 is 4.90 Å². The van der Waals surface area contributed by atoms with E-state index in [1.807, 2.05) is 44.3 Å². The highest BCUT2D eigenvalue weighted by Crippen LogP contribution is 2.45. The van der Waals surface area contributed by atoms with E-state index in [1.165, 1.54) is 10.8 Å². The van der Waals surface area contributed by atoms with Gasteiger partial charge >= 0.3 is 0 Å².